The Hall–Kier alpha value is -1.19. The van der Waals surface area contributed by atoms with E-state index in [9.17, 15) is 0 Å². The second-order valence-electron chi connectivity index (χ2n) is 6.05. The van der Waals surface area contributed by atoms with Crippen molar-refractivity contribution in [3.63, 3.8) is 0 Å². The maximum Gasteiger partial charge on any atom is 0.150 e. The minimum atomic E-state index is 0.380. The number of nitrogens with zero attached hydrogens (tertiary/aromatic N) is 3. The van der Waals surface area contributed by atoms with E-state index in [0.717, 1.165) is 23.7 Å². The van der Waals surface area contributed by atoms with Crippen molar-refractivity contribution in [3.8, 4) is 0 Å². The summed E-state index contributed by atoms with van der Waals surface area (Å²) in [6, 6.07) is 0.600. The first-order valence-corrected chi connectivity index (χ1v) is 7.02. The van der Waals surface area contributed by atoms with Crippen LogP contribution in [0.3, 0.4) is 0 Å². The van der Waals surface area contributed by atoms with Gasteiger partial charge >= 0.3 is 0 Å². The van der Waals surface area contributed by atoms with Crippen molar-refractivity contribution >= 4 is 11.5 Å². The lowest BCUT2D eigenvalue weighted by atomic mass is 10.0. The van der Waals surface area contributed by atoms with Gasteiger partial charge in [-0.25, -0.2) is 0 Å². The Bertz CT molecular complexity index is 420. The number of aromatic nitrogens is 2. The standard InChI is InChI=1S/C14H26N4/c1-9(2)11-7-6-8-18(11)14-12(15)13(10(3)4)16-17(14)5/h9-11H,6-8,15H2,1-5H3. The van der Waals surface area contributed by atoms with Gasteiger partial charge in [-0.1, -0.05) is 27.7 Å². The maximum atomic E-state index is 6.32. The topological polar surface area (TPSA) is 47.1 Å². The Labute approximate surface area is 110 Å². The fourth-order valence-electron chi connectivity index (χ4n) is 3.07. The van der Waals surface area contributed by atoms with E-state index < -0.39 is 0 Å². The number of hydrogen-bond acceptors (Lipinski definition) is 3. The largest absolute Gasteiger partial charge is 0.394 e. The molecule has 1 atom stereocenters. The lowest BCUT2D eigenvalue weighted by Gasteiger charge is -2.29. The molecular weight excluding hydrogens is 224 g/mol. The second-order valence-corrected chi connectivity index (χ2v) is 6.05. The van der Waals surface area contributed by atoms with Gasteiger partial charge in [0, 0.05) is 19.6 Å². The second kappa shape index (κ2) is 4.82. The molecule has 0 amide bonds. The molecule has 18 heavy (non-hydrogen) atoms. The summed E-state index contributed by atoms with van der Waals surface area (Å²) in [4.78, 5) is 2.46. The number of rotatable bonds is 3. The van der Waals surface area contributed by atoms with Gasteiger partial charge in [0.1, 0.15) is 0 Å². The molecule has 1 aliphatic rings. The smallest absolute Gasteiger partial charge is 0.150 e. The summed E-state index contributed by atoms with van der Waals surface area (Å²) < 4.78 is 1.96. The molecule has 0 radical (unpaired) electrons. The van der Waals surface area contributed by atoms with Crippen LogP contribution in [0.25, 0.3) is 0 Å². The summed E-state index contributed by atoms with van der Waals surface area (Å²) in [5.74, 6) is 2.16. The Morgan fingerprint density at radius 2 is 1.94 bits per heavy atom. The van der Waals surface area contributed by atoms with Gasteiger partial charge in [0.2, 0.25) is 0 Å². The van der Waals surface area contributed by atoms with Crippen LogP contribution < -0.4 is 10.6 Å². The molecule has 1 aromatic rings. The van der Waals surface area contributed by atoms with Crippen LogP contribution in [-0.4, -0.2) is 22.4 Å². The highest BCUT2D eigenvalue weighted by Crippen LogP contribution is 2.36. The monoisotopic (exact) mass is 250 g/mol. The third kappa shape index (κ3) is 2.08. The summed E-state index contributed by atoms with van der Waals surface area (Å²) >= 11 is 0. The first-order chi connectivity index (χ1) is 8.43. The number of nitrogens with two attached hydrogens (primary N) is 1. The molecule has 0 spiro atoms. The summed E-state index contributed by atoms with van der Waals surface area (Å²) in [6.45, 7) is 9.97. The van der Waals surface area contributed by atoms with E-state index in [-0.39, 0.29) is 0 Å². The first kappa shape index (κ1) is 13.2. The van der Waals surface area contributed by atoms with Gasteiger partial charge in [0.05, 0.1) is 11.4 Å². The van der Waals surface area contributed by atoms with Crippen molar-refractivity contribution in [1.82, 2.24) is 9.78 Å². The van der Waals surface area contributed by atoms with Crippen molar-refractivity contribution in [2.45, 2.75) is 52.5 Å². The molecule has 4 heteroatoms. The van der Waals surface area contributed by atoms with E-state index >= 15 is 0 Å². The summed E-state index contributed by atoms with van der Waals surface area (Å²) in [5.41, 5.74) is 8.23. The van der Waals surface area contributed by atoms with E-state index in [1.807, 2.05) is 11.7 Å². The molecule has 1 unspecified atom stereocenters. The Morgan fingerprint density at radius 1 is 1.28 bits per heavy atom. The van der Waals surface area contributed by atoms with E-state index in [1.165, 1.54) is 12.8 Å². The Balaban J connectivity index is 2.39. The number of nitrogen functional groups attached to an aromatic ring is 1. The quantitative estimate of drug-likeness (QED) is 0.897. The van der Waals surface area contributed by atoms with Crippen molar-refractivity contribution in [2.24, 2.45) is 13.0 Å². The molecule has 1 saturated heterocycles. The average molecular weight is 250 g/mol. The van der Waals surface area contributed by atoms with Gasteiger partial charge in [-0.15, -0.1) is 0 Å². The molecule has 4 nitrogen and oxygen atoms in total. The average Bonchev–Trinajstić information content (AvgIpc) is 2.83. The van der Waals surface area contributed by atoms with Crippen LogP contribution in [0.4, 0.5) is 11.5 Å². The van der Waals surface area contributed by atoms with Gasteiger partial charge in [0.15, 0.2) is 5.82 Å². The normalized spacial score (nSPS) is 20.4. The van der Waals surface area contributed by atoms with Crippen LogP contribution in [0.1, 0.15) is 52.1 Å². The molecule has 0 bridgehead atoms. The third-order valence-electron chi connectivity index (χ3n) is 3.97. The highest BCUT2D eigenvalue weighted by molar-refractivity contribution is 5.68. The molecule has 2 N–H and O–H groups in total. The van der Waals surface area contributed by atoms with Gasteiger partial charge in [-0.3, -0.25) is 4.68 Å². The van der Waals surface area contributed by atoms with Crippen molar-refractivity contribution < 1.29 is 0 Å². The zero-order valence-electron chi connectivity index (χ0n) is 12.3. The molecule has 1 aromatic heterocycles. The third-order valence-corrected chi connectivity index (χ3v) is 3.97. The highest BCUT2D eigenvalue weighted by Gasteiger charge is 2.31. The molecule has 1 fully saturated rings. The fraction of sp³-hybridized carbons (Fsp3) is 0.786. The zero-order valence-corrected chi connectivity index (χ0v) is 12.3. The van der Waals surface area contributed by atoms with Gasteiger partial charge in [0.25, 0.3) is 0 Å². The molecule has 2 heterocycles. The molecular formula is C14H26N4. The number of aryl methyl sites for hydroxylation is 1. The van der Waals surface area contributed by atoms with Crippen molar-refractivity contribution in [2.75, 3.05) is 17.2 Å². The van der Waals surface area contributed by atoms with Gasteiger partial charge < -0.3 is 10.6 Å². The molecule has 2 rings (SSSR count). The van der Waals surface area contributed by atoms with E-state index in [4.69, 9.17) is 5.73 Å². The minimum Gasteiger partial charge on any atom is -0.394 e. The van der Waals surface area contributed by atoms with Crippen molar-refractivity contribution in [1.29, 1.82) is 0 Å². The zero-order chi connectivity index (χ0) is 13.4. The van der Waals surface area contributed by atoms with Gasteiger partial charge in [-0.05, 0) is 24.7 Å². The number of anilines is 2. The molecule has 0 aromatic carbocycles. The summed E-state index contributed by atoms with van der Waals surface area (Å²) in [5, 5.41) is 4.60. The Morgan fingerprint density at radius 3 is 2.44 bits per heavy atom. The lowest BCUT2D eigenvalue weighted by Crippen LogP contribution is -2.35. The van der Waals surface area contributed by atoms with Crippen LogP contribution in [0.2, 0.25) is 0 Å². The van der Waals surface area contributed by atoms with E-state index in [2.05, 4.69) is 37.7 Å². The lowest BCUT2D eigenvalue weighted by molar-refractivity contribution is 0.485. The van der Waals surface area contributed by atoms with Crippen molar-refractivity contribution in [3.05, 3.63) is 5.69 Å². The van der Waals surface area contributed by atoms with Crippen LogP contribution in [0, 0.1) is 5.92 Å². The van der Waals surface area contributed by atoms with E-state index in [0.29, 0.717) is 17.9 Å². The van der Waals surface area contributed by atoms with Crippen LogP contribution >= 0.6 is 0 Å². The molecule has 0 aliphatic carbocycles. The highest BCUT2D eigenvalue weighted by atomic mass is 15.4. The predicted octanol–water partition coefficient (Wildman–Crippen LogP) is 2.75. The maximum absolute atomic E-state index is 6.32. The Kier molecular flexibility index (Phi) is 3.55. The minimum absolute atomic E-state index is 0.380. The molecule has 1 aliphatic heterocycles. The summed E-state index contributed by atoms with van der Waals surface area (Å²) in [6.07, 6.45) is 2.52. The summed E-state index contributed by atoms with van der Waals surface area (Å²) in [7, 11) is 2.01. The predicted molar refractivity (Wildman–Crippen MR) is 76.9 cm³/mol. The van der Waals surface area contributed by atoms with Gasteiger partial charge in [-0.2, -0.15) is 5.10 Å². The fourth-order valence-corrected chi connectivity index (χ4v) is 3.07. The molecule has 0 saturated carbocycles. The SMILES string of the molecule is CC(C)c1nn(C)c(N2CCCC2C(C)C)c1N. The molecule has 102 valence electrons. The van der Waals surface area contributed by atoms with Crippen LogP contribution in [-0.2, 0) is 7.05 Å². The van der Waals surface area contributed by atoms with E-state index in [1.54, 1.807) is 0 Å². The van der Waals surface area contributed by atoms with Crippen LogP contribution in [0.5, 0.6) is 0 Å². The first-order valence-electron chi connectivity index (χ1n) is 7.02. The van der Waals surface area contributed by atoms with Crippen LogP contribution in [0.15, 0.2) is 0 Å². The number of hydrogen-bond donors (Lipinski definition) is 1.